The summed E-state index contributed by atoms with van der Waals surface area (Å²) in [6.45, 7) is 1.27. The van der Waals surface area contributed by atoms with Gasteiger partial charge in [0.25, 0.3) is 5.92 Å². The van der Waals surface area contributed by atoms with Gasteiger partial charge in [-0.1, -0.05) is 0 Å². The summed E-state index contributed by atoms with van der Waals surface area (Å²) < 4.78 is 25.5. The van der Waals surface area contributed by atoms with Crippen molar-refractivity contribution in [3.8, 4) is 0 Å². The van der Waals surface area contributed by atoms with E-state index in [9.17, 15) is 8.78 Å². The summed E-state index contributed by atoms with van der Waals surface area (Å²) in [5, 5.41) is 11.4. The molecule has 1 atom stereocenters. The Morgan fingerprint density at radius 3 is 2.71 bits per heavy atom. The topological polar surface area (TPSA) is 35.5 Å². The number of nitrogens with zero attached hydrogens (tertiary/aromatic N) is 1. The van der Waals surface area contributed by atoms with Gasteiger partial charge >= 0.3 is 0 Å². The van der Waals surface area contributed by atoms with Crippen molar-refractivity contribution in [1.29, 1.82) is 0 Å². The lowest BCUT2D eigenvalue weighted by molar-refractivity contribution is 0.0206. The van der Waals surface area contributed by atoms with Gasteiger partial charge in [-0.25, -0.2) is 8.78 Å². The fraction of sp³-hybridized carbons (Fsp3) is 1.00. The number of aliphatic hydroxyl groups is 1. The van der Waals surface area contributed by atoms with Gasteiger partial charge in [0.1, 0.15) is 0 Å². The molecule has 1 saturated heterocycles. The number of hydrogen-bond donors (Lipinski definition) is 2. The van der Waals surface area contributed by atoms with Crippen LogP contribution in [0, 0.1) is 0 Å². The van der Waals surface area contributed by atoms with Crippen LogP contribution in [0.4, 0.5) is 8.78 Å². The van der Waals surface area contributed by atoms with E-state index in [-0.39, 0.29) is 25.6 Å². The molecule has 14 heavy (non-hydrogen) atoms. The number of hydrogen-bond acceptors (Lipinski definition) is 3. The van der Waals surface area contributed by atoms with E-state index in [2.05, 4.69) is 5.32 Å². The van der Waals surface area contributed by atoms with Crippen LogP contribution < -0.4 is 5.32 Å². The summed E-state index contributed by atoms with van der Waals surface area (Å²) in [4.78, 5) is 1.94. The summed E-state index contributed by atoms with van der Waals surface area (Å²) in [5.41, 5.74) is 0. The highest BCUT2D eigenvalue weighted by atomic mass is 19.3. The molecule has 0 aromatic rings. The van der Waals surface area contributed by atoms with Gasteiger partial charge in [0, 0.05) is 19.0 Å². The highest BCUT2D eigenvalue weighted by molar-refractivity contribution is 4.87. The molecule has 0 bridgehead atoms. The van der Waals surface area contributed by atoms with Gasteiger partial charge in [-0.15, -0.1) is 0 Å². The van der Waals surface area contributed by atoms with Crippen LogP contribution in [0.3, 0.4) is 0 Å². The average Bonchev–Trinajstić information content (AvgIpc) is 2.43. The van der Waals surface area contributed by atoms with E-state index < -0.39 is 5.92 Å². The zero-order chi connectivity index (χ0) is 10.6. The van der Waals surface area contributed by atoms with E-state index in [1.807, 2.05) is 11.9 Å². The Morgan fingerprint density at radius 2 is 2.21 bits per heavy atom. The predicted octanol–water partition coefficient (Wildman–Crippen LogP) is 0.298. The lowest BCUT2D eigenvalue weighted by Gasteiger charge is -2.17. The summed E-state index contributed by atoms with van der Waals surface area (Å²) in [5.74, 6) is -2.53. The molecule has 1 rings (SSSR count). The van der Waals surface area contributed by atoms with Gasteiger partial charge in [0.15, 0.2) is 0 Å². The second-order valence-corrected chi connectivity index (χ2v) is 3.95. The third-order valence-corrected chi connectivity index (χ3v) is 2.54. The molecular weight excluding hydrogens is 190 g/mol. The molecule has 5 heteroatoms. The van der Waals surface area contributed by atoms with E-state index in [0.29, 0.717) is 13.0 Å². The molecule has 0 aromatic heterocycles. The van der Waals surface area contributed by atoms with Crippen LogP contribution >= 0.6 is 0 Å². The SMILES string of the molecule is CN(CCO)CCC1CC(F)(F)CN1. The number of likely N-dealkylation sites (N-methyl/N-ethyl adjacent to an activating group) is 1. The van der Waals surface area contributed by atoms with Crippen molar-refractivity contribution >= 4 is 0 Å². The van der Waals surface area contributed by atoms with Gasteiger partial charge in [-0.05, 0) is 20.0 Å². The molecule has 1 heterocycles. The Bertz CT molecular complexity index is 178. The third kappa shape index (κ3) is 3.86. The Kier molecular flexibility index (Phi) is 4.22. The molecule has 1 fully saturated rings. The quantitative estimate of drug-likeness (QED) is 0.682. The maximum atomic E-state index is 12.8. The zero-order valence-corrected chi connectivity index (χ0v) is 8.47. The fourth-order valence-electron chi connectivity index (χ4n) is 1.66. The van der Waals surface area contributed by atoms with Gasteiger partial charge in [0.05, 0.1) is 13.2 Å². The number of halogens is 2. The smallest absolute Gasteiger partial charge is 0.261 e. The largest absolute Gasteiger partial charge is 0.395 e. The first-order valence-corrected chi connectivity index (χ1v) is 4.94. The second kappa shape index (κ2) is 5.00. The molecule has 0 saturated carbocycles. The number of rotatable bonds is 5. The maximum Gasteiger partial charge on any atom is 0.261 e. The average molecular weight is 208 g/mol. The molecule has 0 aromatic carbocycles. The zero-order valence-electron chi connectivity index (χ0n) is 8.47. The first-order valence-electron chi connectivity index (χ1n) is 4.94. The van der Waals surface area contributed by atoms with Crippen LogP contribution in [0.5, 0.6) is 0 Å². The number of nitrogens with one attached hydrogen (secondary N) is 1. The molecule has 0 radical (unpaired) electrons. The van der Waals surface area contributed by atoms with Crippen LogP contribution in [0.2, 0.25) is 0 Å². The van der Waals surface area contributed by atoms with E-state index in [4.69, 9.17) is 5.11 Å². The van der Waals surface area contributed by atoms with Crippen LogP contribution in [0.15, 0.2) is 0 Å². The maximum absolute atomic E-state index is 12.8. The lowest BCUT2D eigenvalue weighted by Crippen LogP contribution is -2.29. The standard InChI is InChI=1S/C9H18F2N2O/c1-13(4-5-14)3-2-8-6-9(10,11)7-12-8/h8,12,14H,2-7H2,1H3. The van der Waals surface area contributed by atoms with Crippen molar-refractivity contribution in [1.82, 2.24) is 10.2 Å². The first-order chi connectivity index (χ1) is 6.53. The van der Waals surface area contributed by atoms with Crippen LogP contribution in [0.25, 0.3) is 0 Å². The predicted molar refractivity (Wildman–Crippen MR) is 50.6 cm³/mol. The van der Waals surface area contributed by atoms with E-state index >= 15 is 0 Å². The second-order valence-electron chi connectivity index (χ2n) is 3.95. The first kappa shape index (κ1) is 11.8. The minimum atomic E-state index is -2.53. The van der Waals surface area contributed by atoms with Crippen molar-refractivity contribution in [2.75, 3.05) is 33.3 Å². The molecule has 84 valence electrons. The van der Waals surface area contributed by atoms with Gasteiger partial charge in [0.2, 0.25) is 0 Å². The molecule has 2 N–H and O–H groups in total. The molecule has 0 aliphatic carbocycles. The monoisotopic (exact) mass is 208 g/mol. The summed E-state index contributed by atoms with van der Waals surface area (Å²) in [6.07, 6.45) is 0.659. The molecule has 1 aliphatic rings. The number of aliphatic hydroxyl groups excluding tert-OH is 1. The van der Waals surface area contributed by atoms with Crippen molar-refractivity contribution in [2.45, 2.75) is 24.8 Å². The normalized spacial score (nSPS) is 25.9. The fourth-order valence-corrected chi connectivity index (χ4v) is 1.66. The van der Waals surface area contributed by atoms with Gasteiger partial charge in [-0.2, -0.15) is 0 Å². The Balaban J connectivity index is 2.14. The van der Waals surface area contributed by atoms with Crippen LogP contribution in [-0.2, 0) is 0 Å². The van der Waals surface area contributed by atoms with Crippen molar-refractivity contribution in [2.24, 2.45) is 0 Å². The van der Waals surface area contributed by atoms with Crippen LogP contribution in [0.1, 0.15) is 12.8 Å². The minimum Gasteiger partial charge on any atom is -0.395 e. The van der Waals surface area contributed by atoms with Crippen molar-refractivity contribution in [3.05, 3.63) is 0 Å². The highest BCUT2D eigenvalue weighted by Gasteiger charge is 2.38. The van der Waals surface area contributed by atoms with Gasteiger partial charge < -0.3 is 15.3 Å². The van der Waals surface area contributed by atoms with Gasteiger partial charge in [-0.3, -0.25) is 0 Å². The molecule has 1 aliphatic heterocycles. The third-order valence-electron chi connectivity index (χ3n) is 2.54. The van der Waals surface area contributed by atoms with Crippen molar-refractivity contribution in [3.63, 3.8) is 0 Å². The van der Waals surface area contributed by atoms with E-state index in [0.717, 1.165) is 6.54 Å². The Morgan fingerprint density at radius 1 is 1.50 bits per heavy atom. The van der Waals surface area contributed by atoms with E-state index in [1.54, 1.807) is 0 Å². The van der Waals surface area contributed by atoms with Crippen LogP contribution in [-0.4, -0.2) is 55.3 Å². The Hall–Kier alpha value is -0.260. The molecule has 0 amide bonds. The van der Waals surface area contributed by atoms with Crippen molar-refractivity contribution < 1.29 is 13.9 Å². The molecule has 1 unspecified atom stereocenters. The molecule has 3 nitrogen and oxygen atoms in total. The van der Waals surface area contributed by atoms with E-state index in [1.165, 1.54) is 0 Å². The molecular formula is C9H18F2N2O. The summed E-state index contributed by atoms with van der Waals surface area (Å²) in [7, 11) is 1.88. The number of alkyl halides is 2. The lowest BCUT2D eigenvalue weighted by atomic mass is 10.1. The molecule has 0 spiro atoms. The summed E-state index contributed by atoms with van der Waals surface area (Å²) in [6, 6.07) is -0.0776. The Labute approximate surface area is 83.1 Å². The highest BCUT2D eigenvalue weighted by Crippen LogP contribution is 2.26. The summed E-state index contributed by atoms with van der Waals surface area (Å²) >= 11 is 0. The minimum absolute atomic E-state index is 0.0556.